The highest BCUT2D eigenvalue weighted by molar-refractivity contribution is 5.69. The van der Waals surface area contributed by atoms with Crippen LogP contribution in [0.25, 0.3) is 0 Å². The summed E-state index contributed by atoms with van der Waals surface area (Å²) < 4.78 is 5.55. The number of carbonyl (C=O) groups is 1. The summed E-state index contributed by atoms with van der Waals surface area (Å²) in [6.45, 7) is 10.1. The van der Waals surface area contributed by atoms with Crippen LogP contribution in [0.1, 0.15) is 46.4 Å². The zero-order valence-corrected chi connectivity index (χ0v) is 11.6. The molecule has 1 heterocycles. The van der Waals surface area contributed by atoms with Crippen molar-refractivity contribution in [1.82, 2.24) is 15.1 Å². The van der Waals surface area contributed by atoms with E-state index >= 15 is 0 Å². The molecular formula is C12H21N3O3. The van der Waals surface area contributed by atoms with Gasteiger partial charge in [0.1, 0.15) is 0 Å². The number of aliphatic carboxylic acids is 1. The molecule has 1 rings (SSSR count). The van der Waals surface area contributed by atoms with Gasteiger partial charge in [0.15, 0.2) is 0 Å². The highest BCUT2D eigenvalue weighted by Crippen LogP contribution is 2.20. The minimum Gasteiger partial charge on any atom is -0.480 e. The Morgan fingerprint density at radius 3 is 2.39 bits per heavy atom. The van der Waals surface area contributed by atoms with Crippen molar-refractivity contribution in [1.29, 1.82) is 0 Å². The van der Waals surface area contributed by atoms with Crippen LogP contribution in [-0.4, -0.2) is 38.8 Å². The van der Waals surface area contributed by atoms with E-state index in [-0.39, 0.29) is 18.0 Å². The first kappa shape index (κ1) is 14.6. The third-order valence-corrected chi connectivity index (χ3v) is 2.52. The van der Waals surface area contributed by atoms with Gasteiger partial charge in [-0.05, 0) is 13.8 Å². The molecular weight excluding hydrogens is 234 g/mol. The summed E-state index contributed by atoms with van der Waals surface area (Å²) in [5, 5.41) is 16.8. The first-order chi connectivity index (χ1) is 8.20. The lowest BCUT2D eigenvalue weighted by molar-refractivity contribution is -0.139. The molecule has 6 heteroatoms. The molecule has 0 aliphatic heterocycles. The highest BCUT2D eigenvalue weighted by atomic mass is 16.4. The van der Waals surface area contributed by atoms with E-state index in [1.54, 1.807) is 4.90 Å². The monoisotopic (exact) mass is 255 g/mol. The topological polar surface area (TPSA) is 79.5 Å². The van der Waals surface area contributed by atoms with Crippen LogP contribution in [0.5, 0.6) is 0 Å². The molecule has 102 valence electrons. The molecule has 0 unspecified atom stereocenters. The number of hydrogen-bond acceptors (Lipinski definition) is 5. The molecule has 0 spiro atoms. The second-order valence-corrected chi connectivity index (χ2v) is 5.64. The van der Waals surface area contributed by atoms with E-state index in [4.69, 9.17) is 9.52 Å². The number of carboxylic acid groups (broad SMARTS) is 1. The third kappa shape index (κ3) is 4.10. The predicted octanol–water partition coefficient (Wildman–Crippen LogP) is 1.66. The molecule has 0 aliphatic rings. The van der Waals surface area contributed by atoms with Crippen LogP contribution >= 0.6 is 0 Å². The molecule has 0 radical (unpaired) electrons. The van der Waals surface area contributed by atoms with Gasteiger partial charge in [-0.2, -0.15) is 0 Å². The minimum absolute atomic E-state index is 0.0368. The van der Waals surface area contributed by atoms with Crippen LogP contribution < -0.4 is 0 Å². The zero-order chi connectivity index (χ0) is 13.9. The van der Waals surface area contributed by atoms with Crippen LogP contribution in [0.4, 0.5) is 0 Å². The molecule has 18 heavy (non-hydrogen) atoms. The maximum absolute atomic E-state index is 10.8. The fourth-order valence-corrected chi connectivity index (χ4v) is 1.39. The van der Waals surface area contributed by atoms with E-state index in [1.807, 2.05) is 34.6 Å². The van der Waals surface area contributed by atoms with Crippen molar-refractivity contribution in [3.8, 4) is 0 Å². The lowest BCUT2D eigenvalue weighted by Crippen LogP contribution is -2.35. The van der Waals surface area contributed by atoms with Crippen molar-refractivity contribution in [2.75, 3.05) is 6.54 Å². The molecule has 0 amide bonds. The molecule has 1 N–H and O–H groups in total. The fourth-order valence-electron chi connectivity index (χ4n) is 1.39. The average Bonchev–Trinajstić information content (AvgIpc) is 2.63. The van der Waals surface area contributed by atoms with Crippen LogP contribution in [0.3, 0.4) is 0 Å². The molecule has 0 atom stereocenters. The maximum Gasteiger partial charge on any atom is 0.317 e. The van der Waals surface area contributed by atoms with Gasteiger partial charge >= 0.3 is 5.97 Å². The van der Waals surface area contributed by atoms with Gasteiger partial charge in [-0.25, -0.2) is 0 Å². The normalized spacial score (nSPS) is 12.4. The van der Waals surface area contributed by atoms with Gasteiger partial charge < -0.3 is 9.52 Å². The first-order valence-corrected chi connectivity index (χ1v) is 5.99. The molecule has 0 aliphatic carbocycles. The van der Waals surface area contributed by atoms with Crippen molar-refractivity contribution in [2.45, 2.75) is 52.6 Å². The summed E-state index contributed by atoms with van der Waals surface area (Å²) >= 11 is 0. The molecule has 6 nitrogen and oxygen atoms in total. The third-order valence-electron chi connectivity index (χ3n) is 2.52. The van der Waals surface area contributed by atoms with Gasteiger partial charge in [-0.15, -0.1) is 10.2 Å². The Hall–Kier alpha value is -1.43. The number of rotatable bonds is 5. The standard InChI is InChI=1S/C12H21N3O3/c1-8(2)15(7-10(16)17)6-9-13-14-11(18-9)12(3,4)5/h8H,6-7H2,1-5H3,(H,16,17). The van der Waals surface area contributed by atoms with Crippen molar-refractivity contribution < 1.29 is 14.3 Å². The molecule has 0 saturated heterocycles. The second kappa shape index (κ2) is 5.48. The summed E-state index contributed by atoms with van der Waals surface area (Å²) in [6, 6.07) is 0.103. The van der Waals surface area contributed by atoms with Gasteiger partial charge in [0.2, 0.25) is 11.8 Å². The van der Waals surface area contributed by atoms with Gasteiger partial charge in [0.05, 0.1) is 13.1 Å². The van der Waals surface area contributed by atoms with E-state index in [1.165, 1.54) is 0 Å². The molecule has 0 fully saturated rings. The molecule has 0 bridgehead atoms. The summed E-state index contributed by atoms with van der Waals surface area (Å²) in [6.07, 6.45) is 0. The number of aromatic nitrogens is 2. The lowest BCUT2D eigenvalue weighted by atomic mass is 9.97. The number of carboxylic acids is 1. The first-order valence-electron chi connectivity index (χ1n) is 5.99. The van der Waals surface area contributed by atoms with Crippen LogP contribution in [0, 0.1) is 0 Å². The summed E-state index contributed by atoms with van der Waals surface area (Å²) in [5.41, 5.74) is -0.194. The second-order valence-electron chi connectivity index (χ2n) is 5.64. The smallest absolute Gasteiger partial charge is 0.317 e. The van der Waals surface area contributed by atoms with Crippen molar-refractivity contribution in [2.24, 2.45) is 0 Å². The van der Waals surface area contributed by atoms with Crippen molar-refractivity contribution in [3.63, 3.8) is 0 Å². The number of hydrogen-bond donors (Lipinski definition) is 1. The van der Waals surface area contributed by atoms with E-state index in [0.29, 0.717) is 18.3 Å². The Morgan fingerprint density at radius 2 is 2.00 bits per heavy atom. The zero-order valence-electron chi connectivity index (χ0n) is 11.6. The molecule has 0 aromatic carbocycles. The molecule has 0 saturated carbocycles. The van der Waals surface area contributed by atoms with Gasteiger partial charge in [-0.3, -0.25) is 9.69 Å². The number of nitrogens with zero attached hydrogens (tertiary/aromatic N) is 3. The Bertz CT molecular complexity index is 407. The Kier molecular flexibility index (Phi) is 4.45. The Labute approximate surface area is 107 Å². The Morgan fingerprint density at radius 1 is 1.39 bits per heavy atom. The van der Waals surface area contributed by atoms with Gasteiger partial charge in [0.25, 0.3) is 0 Å². The Balaban J connectivity index is 2.76. The van der Waals surface area contributed by atoms with E-state index in [0.717, 1.165) is 0 Å². The van der Waals surface area contributed by atoms with Crippen LogP contribution in [0.2, 0.25) is 0 Å². The van der Waals surface area contributed by atoms with Crippen molar-refractivity contribution in [3.05, 3.63) is 11.8 Å². The van der Waals surface area contributed by atoms with Crippen LogP contribution in [0.15, 0.2) is 4.42 Å². The van der Waals surface area contributed by atoms with Gasteiger partial charge in [-0.1, -0.05) is 20.8 Å². The lowest BCUT2D eigenvalue weighted by Gasteiger charge is -2.22. The van der Waals surface area contributed by atoms with E-state index in [2.05, 4.69) is 10.2 Å². The fraction of sp³-hybridized carbons (Fsp3) is 0.750. The van der Waals surface area contributed by atoms with E-state index in [9.17, 15) is 4.79 Å². The highest BCUT2D eigenvalue weighted by Gasteiger charge is 2.23. The average molecular weight is 255 g/mol. The van der Waals surface area contributed by atoms with Gasteiger partial charge in [0, 0.05) is 11.5 Å². The van der Waals surface area contributed by atoms with E-state index < -0.39 is 5.97 Å². The quantitative estimate of drug-likeness (QED) is 0.862. The molecule has 1 aromatic rings. The summed E-state index contributed by atoms with van der Waals surface area (Å²) in [7, 11) is 0. The predicted molar refractivity (Wildman–Crippen MR) is 66.2 cm³/mol. The SMILES string of the molecule is CC(C)N(CC(=O)O)Cc1nnc(C(C)(C)C)o1. The molecule has 1 aromatic heterocycles. The summed E-state index contributed by atoms with van der Waals surface area (Å²) in [4.78, 5) is 12.5. The maximum atomic E-state index is 10.8. The largest absolute Gasteiger partial charge is 0.480 e. The van der Waals surface area contributed by atoms with Crippen LogP contribution in [-0.2, 0) is 16.8 Å². The van der Waals surface area contributed by atoms with Crippen molar-refractivity contribution >= 4 is 5.97 Å². The summed E-state index contributed by atoms with van der Waals surface area (Å²) in [5.74, 6) is 0.158. The minimum atomic E-state index is -0.862.